The Bertz CT molecular complexity index is 2860. The quantitative estimate of drug-likeness (QED) is 0.117. The molecule has 0 radical (unpaired) electrons. The number of ether oxygens (including phenoxy) is 5. The number of aliphatic hydroxyl groups excluding tert-OH is 1. The van der Waals surface area contributed by atoms with Crippen molar-refractivity contribution in [1.82, 2.24) is 0 Å². The number of alkyl halides is 12. The molecule has 0 aromatic heterocycles. The van der Waals surface area contributed by atoms with E-state index >= 15 is 0 Å². The zero-order valence-corrected chi connectivity index (χ0v) is 45.2. The van der Waals surface area contributed by atoms with Crippen LogP contribution >= 0.6 is 15.9 Å². The molecule has 27 heteroatoms. The third kappa shape index (κ3) is 16.4. The molecule has 10 rings (SSSR count). The van der Waals surface area contributed by atoms with E-state index in [-0.39, 0.29) is 65.2 Å². The van der Waals surface area contributed by atoms with Crippen LogP contribution in [0.4, 0.5) is 70.2 Å². The Kier molecular flexibility index (Phi) is 20.8. The number of halogens is 17. The molecule has 6 heterocycles. The van der Waals surface area contributed by atoms with Crippen molar-refractivity contribution >= 4 is 28.6 Å². The smallest absolute Gasteiger partial charge is 0.400 e. The van der Waals surface area contributed by atoms with Gasteiger partial charge in [-0.05, 0) is 129 Å². The first-order valence-electron chi connectivity index (χ1n) is 24.8. The Morgan fingerprint density at radius 3 is 1.44 bits per heavy atom. The van der Waals surface area contributed by atoms with Gasteiger partial charge in [-0.15, -0.1) is 0 Å². The molecule has 0 amide bonds. The predicted molar refractivity (Wildman–Crippen MR) is 266 cm³/mol. The first-order chi connectivity index (χ1) is 37.5. The lowest BCUT2D eigenvalue weighted by atomic mass is 9.75. The van der Waals surface area contributed by atoms with Gasteiger partial charge in [0.15, 0.2) is 0 Å². The Morgan fingerprint density at radius 2 is 1.00 bits per heavy atom. The van der Waals surface area contributed by atoms with Crippen LogP contribution in [0.25, 0.3) is 5.57 Å². The summed E-state index contributed by atoms with van der Waals surface area (Å²) in [6, 6.07) is 9.61. The monoisotopic (exact) mass is 1240 g/mol. The number of rotatable bonds is 4. The maximum Gasteiger partial charge on any atom is 0.490 e. The van der Waals surface area contributed by atoms with Crippen molar-refractivity contribution in [3.8, 4) is 0 Å². The van der Waals surface area contributed by atoms with Gasteiger partial charge in [0, 0.05) is 36.3 Å². The van der Waals surface area contributed by atoms with Crippen LogP contribution in [-0.2, 0) is 68.8 Å². The van der Waals surface area contributed by atoms with Gasteiger partial charge in [-0.2, -0.15) is 52.7 Å². The first-order valence-corrected chi connectivity index (χ1v) is 25.6. The summed E-state index contributed by atoms with van der Waals surface area (Å²) in [7, 11) is -0.182. The number of hydrogen-bond acceptors (Lipinski definition) is 9. The van der Waals surface area contributed by atoms with Gasteiger partial charge >= 0.3 is 31.8 Å². The van der Waals surface area contributed by atoms with Crippen molar-refractivity contribution in [3.05, 3.63) is 157 Å². The zero-order valence-electron chi connectivity index (χ0n) is 43.6. The first kappa shape index (κ1) is 65.6. The van der Waals surface area contributed by atoms with E-state index in [2.05, 4.69) is 49.7 Å². The maximum absolute atomic E-state index is 13.9. The molecule has 446 valence electrons. The topological polar surface area (TPSA) is 114 Å². The fraction of sp³-hybridized carbons (Fsp3) is 0.481. The van der Waals surface area contributed by atoms with Crippen molar-refractivity contribution in [2.24, 2.45) is 5.73 Å². The molecule has 0 aliphatic carbocycles. The van der Waals surface area contributed by atoms with Crippen molar-refractivity contribution in [3.63, 3.8) is 0 Å². The Hall–Kier alpha value is -4.58. The molecule has 4 atom stereocenters. The summed E-state index contributed by atoms with van der Waals surface area (Å²) in [4.78, 5) is 0. The maximum atomic E-state index is 13.9. The number of fused-ring (bicyclic) bond motifs is 1. The molecule has 4 aromatic rings. The molecule has 6 aliphatic rings. The summed E-state index contributed by atoms with van der Waals surface area (Å²) in [5, 5.41) is 9.80. The number of epoxide rings is 1. The van der Waals surface area contributed by atoms with Crippen LogP contribution in [0.1, 0.15) is 92.3 Å². The van der Waals surface area contributed by atoms with Gasteiger partial charge in [0.2, 0.25) is 0 Å². The normalized spacial score (nSPS) is 24.2. The highest BCUT2D eigenvalue weighted by atomic mass is 79.9. The molecule has 0 saturated carbocycles. The van der Waals surface area contributed by atoms with Gasteiger partial charge in [0.1, 0.15) is 35.0 Å². The van der Waals surface area contributed by atoms with Crippen LogP contribution in [0.5, 0.6) is 0 Å². The molecular weight excluding hydrogens is 1190 g/mol. The third-order valence-corrected chi connectivity index (χ3v) is 14.8. The second-order valence-electron chi connectivity index (χ2n) is 20.2. The molecule has 4 aromatic carbocycles. The summed E-state index contributed by atoms with van der Waals surface area (Å²) in [5.74, 6) is -3.69. The number of aliphatic hydroxyl groups is 1. The molecule has 4 fully saturated rings. The second kappa shape index (κ2) is 25.7. The average molecular weight is 1240 g/mol. The van der Waals surface area contributed by atoms with Crippen molar-refractivity contribution in [1.29, 1.82) is 0 Å². The van der Waals surface area contributed by atoms with E-state index in [1.807, 2.05) is 0 Å². The summed E-state index contributed by atoms with van der Waals surface area (Å²) < 4.78 is 239. The highest BCUT2D eigenvalue weighted by Crippen LogP contribution is 2.52. The molecule has 0 spiro atoms. The average Bonchev–Trinajstić information content (AvgIpc) is 4.31. The molecule has 3 N–H and O–H groups in total. The summed E-state index contributed by atoms with van der Waals surface area (Å²) in [5.41, 5.74) is 1.45. The van der Waals surface area contributed by atoms with Crippen LogP contribution in [-0.4, -0.2) is 88.5 Å². The Balaban J connectivity index is 0.000000164. The van der Waals surface area contributed by atoms with Crippen molar-refractivity contribution in [2.45, 2.75) is 113 Å². The largest absolute Gasteiger partial charge is 0.490 e. The lowest BCUT2D eigenvalue weighted by Crippen LogP contribution is -2.54. The number of benzene rings is 4. The van der Waals surface area contributed by atoms with Gasteiger partial charge in [0.05, 0.1) is 89.2 Å². The van der Waals surface area contributed by atoms with Crippen molar-refractivity contribution in [2.75, 3.05) is 52.9 Å². The number of hydrogen-bond donors (Lipinski definition) is 2. The van der Waals surface area contributed by atoms with Crippen LogP contribution in [0.2, 0.25) is 0 Å². The molecule has 4 unspecified atom stereocenters. The molecule has 4 saturated heterocycles. The van der Waals surface area contributed by atoms with Crippen LogP contribution < -0.4 is 5.73 Å². The van der Waals surface area contributed by atoms with E-state index in [1.165, 1.54) is 17.6 Å². The molecule has 6 aliphatic heterocycles. The van der Waals surface area contributed by atoms with E-state index in [0.717, 1.165) is 49.4 Å². The molecule has 0 bridgehead atoms. The SMILES string of the molecule is CC1(C)OB(C2=CCOCC2)OC1(C)C.Fc1cc(C(F)(F)F)ccc1Br.Fc1cc(C(F)(F)F)ccc1C12CCOCC1O2.Fc1cc(C(F)(F)F)ccc1C1=CCOCC1.NC1(c2ccc(C(F)(F)F)cc2F)CCOCC1O. The minimum atomic E-state index is -4.62. The van der Waals surface area contributed by atoms with Gasteiger partial charge in [-0.3, -0.25) is 0 Å². The van der Waals surface area contributed by atoms with Crippen LogP contribution in [0.15, 0.2) is 94.9 Å². The lowest BCUT2D eigenvalue weighted by Gasteiger charge is -2.38. The van der Waals surface area contributed by atoms with Gasteiger partial charge in [0.25, 0.3) is 0 Å². The van der Waals surface area contributed by atoms with E-state index in [0.29, 0.717) is 75.7 Å². The van der Waals surface area contributed by atoms with E-state index in [9.17, 15) is 75.4 Å². The minimum Gasteiger partial charge on any atom is -0.400 e. The molecular formula is C54H55BBrF16NO8. The van der Waals surface area contributed by atoms with Crippen LogP contribution in [0.3, 0.4) is 0 Å². The predicted octanol–water partition coefficient (Wildman–Crippen LogP) is 13.9. The summed E-state index contributed by atoms with van der Waals surface area (Å²) in [6.07, 6.45) is -13.7. The summed E-state index contributed by atoms with van der Waals surface area (Å²) in [6.45, 7) is 11.5. The highest BCUT2D eigenvalue weighted by molar-refractivity contribution is 9.10. The Labute approximate surface area is 463 Å². The lowest BCUT2D eigenvalue weighted by molar-refractivity contribution is -0.138. The van der Waals surface area contributed by atoms with Gasteiger partial charge in [-0.25, -0.2) is 17.6 Å². The van der Waals surface area contributed by atoms with Crippen LogP contribution in [0, 0.1) is 23.3 Å². The fourth-order valence-electron chi connectivity index (χ4n) is 8.71. The Morgan fingerprint density at radius 1 is 0.543 bits per heavy atom. The van der Waals surface area contributed by atoms with Gasteiger partial charge < -0.3 is 43.8 Å². The fourth-order valence-corrected chi connectivity index (χ4v) is 8.96. The van der Waals surface area contributed by atoms with Gasteiger partial charge in [-0.1, -0.05) is 30.4 Å². The molecule has 81 heavy (non-hydrogen) atoms. The second-order valence-corrected chi connectivity index (χ2v) is 21.0. The van der Waals surface area contributed by atoms with E-state index in [4.69, 9.17) is 38.7 Å². The van der Waals surface area contributed by atoms with E-state index < -0.39 is 87.5 Å². The van der Waals surface area contributed by atoms with Crippen molar-refractivity contribution < 1.29 is 108 Å². The standard InChI is InChI=1S/C12H13F4NO2.C12H10F4O2.C12H10F4O.C11H19BO3.C7H3BrF4/c13-9-5-7(12(14,15)16)1-2-8(9)11(17)3-4-19-6-10(11)18;13-9-5-7(12(14,15)16)1-2-8(9)11-3-4-17-6-10(11)18-11;13-11-7-9(12(14,15)16)1-2-10(11)8-3-5-17-6-4-8;1-10(2)11(3,4)15-12(14-10)9-5-7-13-8-6-9;8-5-2-1-4(3-6(5)9)7(10,11)12/h1-2,5,10,18H,3-4,6,17H2;1-2,5,10H,3-4,6H2;1-3,7H,4-6H2;5H,6-8H2,1-4H3;1-3H. The number of nitrogens with two attached hydrogens (primary N) is 1. The minimum absolute atomic E-state index is 0.0236. The molecule has 9 nitrogen and oxygen atoms in total. The highest BCUT2D eigenvalue weighted by Gasteiger charge is 2.60. The summed E-state index contributed by atoms with van der Waals surface area (Å²) >= 11 is 2.75. The zero-order chi connectivity index (χ0) is 60.1. The third-order valence-electron chi connectivity index (χ3n) is 14.2. The van der Waals surface area contributed by atoms with E-state index in [1.54, 1.807) is 6.08 Å².